The van der Waals surface area contributed by atoms with Crippen LogP contribution in [-0.4, -0.2) is 0 Å². The Morgan fingerprint density at radius 3 is 2.44 bits per heavy atom. The molecule has 2 rings (SSSR count). The van der Waals surface area contributed by atoms with E-state index in [0.717, 1.165) is 6.07 Å². The molecule has 0 spiro atoms. The second-order valence-corrected chi connectivity index (χ2v) is 4.21. The van der Waals surface area contributed by atoms with Gasteiger partial charge in [0, 0.05) is 16.1 Å². The summed E-state index contributed by atoms with van der Waals surface area (Å²) in [5.41, 5.74) is 0.914. The van der Waals surface area contributed by atoms with Gasteiger partial charge in [-0.15, -0.1) is 0 Å². The SMILES string of the molecule is N#CCc1ccc(F)c(-c2ccc(Cl)cc2F)c1. The van der Waals surface area contributed by atoms with E-state index in [1.54, 1.807) is 0 Å². The molecule has 90 valence electrons. The first-order valence-corrected chi connectivity index (χ1v) is 5.60. The molecule has 0 aliphatic heterocycles. The van der Waals surface area contributed by atoms with Crippen LogP contribution in [-0.2, 0) is 6.42 Å². The van der Waals surface area contributed by atoms with Gasteiger partial charge in [-0.25, -0.2) is 8.78 Å². The van der Waals surface area contributed by atoms with E-state index >= 15 is 0 Å². The molecule has 0 atom stereocenters. The summed E-state index contributed by atoms with van der Waals surface area (Å²) in [4.78, 5) is 0. The van der Waals surface area contributed by atoms with Gasteiger partial charge >= 0.3 is 0 Å². The summed E-state index contributed by atoms with van der Waals surface area (Å²) in [6.45, 7) is 0. The highest BCUT2D eigenvalue weighted by molar-refractivity contribution is 6.30. The van der Waals surface area contributed by atoms with Gasteiger partial charge in [-0.05, 0) is 35.9 Å². The van der Waals surface area contributed by atoms with Gasteiger partial charge < -0.3 is 0 Å². The third-order valence-corrected chi connectivity index (χ3v) is 2.77. The quantitative estimate of drug-likeness (QED) is 0.790. The number of nitrogens with zero attached hydrogens (tertiary/aromatic N) is 1. The largest absolute Gasteiger partial charge is 0.206 e. The van der Waals surface area contributed by atoms with Gasteiger partial charge in [0.25, 0.3) is 0 Å². The van der Waals surface area contributed by atoms with Crippen LogP contribution in [0.5, 0.6) is 0 Å². The third-order valence-electron chi connectivity index (χ3n) is 2.54. The van der Waals surface area contributed by atoms with Gasteiger partial charge in [0.2, 0.25) is 0 Å². The van der Waals surface area contributed by atoms with Gasteiger partial charge in [0.05, 0.1) is 12.5 Å². The van der Waals surface area contributed by atoms with Crippen molar-refractivity contribution in [2.24, 2.45) is 0 Å². The van der Waals surface area contributed by atoms with E-state index < -0.39 is 11.6 Å². The van der Waals surface area contributed by atoms with E-state index in [-0.39, 0.29) is 22.6 Å². The summed E-state index contributed by atoms with van der Waals surface area (Å²) in [7, 11) is 0. The molecule has 0 aliphatic carbocycles. The topological polar surface area (TPSA) is 23.8 Å². The van der Waals surface area contributed by atoms with E-state index in [2.05, 4.69) is 0 Å². The second-order valence-electron chi connectivity index (χ2n) is 3.77. The van der Waals surface area contributed by atoms with Crippen LogP contribution in [0, 0.1) is 23.0 Å². The number of hydrogen-bond acceptors (Lipinski definition) is 1. The Bertz CT molecular complexity index is 632. The summed E-state index contributed by atoms with van der Waals surface area (Å²) in [6, 6.07) is 10.2. The number of rotatable bonds is 2. The van der Waals surface area contributed by atoms with Crippen LogP contribution < -0.4 is 0 Å². The van der Waals surface area contributed by atoms with E-state index in [9.17, 15) is 8.78 Å². The second kappa shape index (κ2) is 5.16. The van der Waals surface area contributed by atoms with Crippen LogP contribution in [0.25, 0.3) is 11.1 Å². The Morgan fingerprint density at radius 1 is 1.00 bits per heavy atom. The Hall–Kier alpha value is -1.92. The Morgan fingerprint density at radius 2 is 1.78 bits per heavy atom. The average Bonchev–Trinajstić information content (AvgIpc) is 2.33. The van der Waals surface area contributed by atoms with Crippen LogP contribution >= 0.6 is 11.6 Å². The molecule has 0 aromatic heterocycles. The van der Waals surface area contributed by atoms with Crippen molar-refractivity contribution in [2.75, 3.05) is 0 Å². The van der Waals surface area contributed by atoms with E-state index in [0.29, 0.717) is 5.56 Å². The molecule has 1 nitrogen and oxygen atoms in total. The molecule has 0 amide bonds. The molecule has 4 heteroatoms. The third kappa shape index (κ3) is 2.49. The molecule has 0 fully saturated rings. The fourth-order valence-corrected chi connectivity index (χ4v) is 1.85. The van der Waals surface area contributed by atoms with Crippen molar-refractivity contribution >= 4 is 11.6 Å². The fraction of sp³-hybridized carbons (Fsp3) is 0.0714. The molecule has 0 aliphatic rings. The summed E-state index contributed by atoms with van der Waals surface area (Å²) in [5.74, 6) is -1.12. The lowest BCUT2D eigenvalue weighted by molar-refractivity contribution is 0.616. The van der Waals surface area contributed by atoms with E-state index in [1.807, 2.05) is 6.07 Å². The summed E-state index contributed by atoms with van der Waals surface area (Å²) >= 11 is 5.65. The Labute approximate surface area is 108 Å². The first-order valence-electron chi connectivity index (χ1n) is 5.22. The van der Waals surface area contributed by atoms with Gasteiger partial charge in [-0.1, -0.05) is 17.7 Å². The van der Waals surface area contributed by atoms with Crippen molar-refractivity contribution in [1.82, 2.24) is 0 Å². The van der Waals surface area contributed by atoms with Crippen LogP contribution in [0.3, 0.4) is 0 Å². The van der Waals surface area contributed by atoms with Crippen molar-refractivity contribution in [3.63, 3.8) is 0 Å². The maximum atomic E-state index is 13.7. The maximum Gasteiger partial charge on any atom is 0.132 e. The number of nitriles is 1. The monoisotopic (exact) mass is 263 g/mol. The fourth-order valence-electron chi connectivity index (χ4n) is 1.69. The van der Waals surface area contributed by atoms with Crippen LogP contribution in [0.4, 0.5) is 8.78 Å². The standard InChI is InChI=1S/C14H8ClF2N/c15-10-2-3-11(14(17)8-10)12-7-9(5-6-18)1-4-13(12)16/h1-4,7-8H,5H2. The zero-order valence-corrected chi connectivity index (χ0v) is 10.0. The highest BCUT2D eigenvalue weighted by Gasteiger charge is 2.11. The minimum atomic E-state index is -0.587. The maximum absolute atomic E-state index is 13.7. The van der Waals surface area contributed by atoms with Crippen LogP contribution in [0.15, 0.2) is 36.4 Å². The molecule has 0 unspecified atom stereocenters. The van der Waals surface area contributed by atoms with Crippen molar-refractivity contribution in [1.29, 1.82) is 5.26 Å². The number of halogens is 3. The molecule has 2 aromatic rings. The number of hydrogen-bond donors (Lipinski definition) is 0. The minimum Gasteiger partial charge on any atom is -0.206 e. The predicted octanol–water partition coefficient (Wildman–Crippen LogP) is 4.35. The summed E-state index contributed by atoms with van der Waals surface area (Å²) in [6.07, 6.45) is 0.155. The Balaban J connectivity index is 2.56. The molecule has 2 aromatic carbocycles. The van der Waals surface area contributed by atoms with Gasteiger partial charge in [0.1, 0.15) is 11.6 Å². The van der Waals surface area contributed by atoms with Crippen LogP contribution in [0.1, 0.15) is 5.56 Å². The molecule has 18 heavy (non-hydrogen) atoms. The van der Waals surface area contributed by atoms with E-state index in [1.165, 1.54) is 30.3 Å². The summed E-state index contributed by atoms with van der Waals surface area (Å²) in [5, 5.41) is 8.86. The van der Waals surface area contributed by atoms with E-state index in [4.69, 9.17) is 16.9 Å². The van der Waals surface area contributed by atoms with Crippen molar-refractivity contribution in [3.8, 4) is 17.2 Å². The average molecular weight is 264 g/mol. The normalized spacial score (nSPS) is 10.1. The lowest BCUT2D eigenvalue weighted by Gasteiger charge is -2.07. The molecule has 0 saturated heterocycles. The van der Waals surface area contributed by atoms with Crippen molar-refractivity contribution < 1.29 is 8.78 Å². The lowest BCUT2D eigenvalue weighted by atomic mass is 10.0. The van der Waals surface area contributed by atoms with Crippen molar-refractivity contribution in [2.45, 2.75) is 6.42 Å². The molecular weight excluding hydrogens is 256 g/mol. The van der Waals surface area contributed by atoms with Crippen LogP contribution in [0.2, 0.25) is 5.02 Å². The smallest absolute Gasteiger partial charge is 0.132 e. The highest BCUT2D eigenvalue weighted by atomic mass is 35.5. The van der Waals surface area contributed by atoms with Gasteiger partial charge in [0.15, 0.2) is 0 Å². The zero-order chi connectivity index (χ0) is 13.1. The lowest BCUT2D eigenvalue weighted by Crippen LogP contribution is -1.91. The van der Waals surface area contributed by atoms with Gasteiger partial charge in [-0.3, -0.25) is 0 Å². The van der Waals surface area contributed by atoms with Crippen molar-refractivity contribution in [3.05, 3.63) is 58.6 Å². The first kappa shape index (κ1) is 12.5. The predicted molar refractivity (Wildman–Crippen MR) is 66.1 cm³/mol. The zero-order valence-electron chi connectivity index (χ0n) is 9.25. The Kier molecular flexibility index (Phi) is 3.59. The molecule has 0 radical (unpaired) electrons. The first-order chi connectivity index (χ1) is 8.61. The molecule has 0 saturated carbocycles. The number of benzene rings is 2. The summed E-state index contributed by atoms with van der Waals surface area (Å²) < 4.78 is 27.4. The minimum absolute atomic E-state index is 0.136. The molecule has 0 bridgehead atoms. The molecule has 0 heterocycles. The highest BCUT2D eigenvalue weighted by Crippen LogP contribution is 2.28. The molecule has 0 N–H and O–H groups in total. The molecular formula is C14H8ClF2N. The van der Waals surface area contributed by atoms with Gasteiger partial charge in [-0.2, -0.15) is 5.26 Å².